The molecule has 0 atom stereocenters. The zero-order valence-electron chi connectivity index (χ0n) is 11.1. The molecule has 0 radical (unpaired) electrons. The van der Waals surface area contributed by atoms with Crippen molar-refractivity contribution in [3.63, 3.8) is 0 Å². The van der Waals surface area contributed by atoms with Gasteiger partial charge in [0, 0.05) is 0 Å². The van der Waals surface area contributed by atoms with E-state index in [-0.39, 0.29) is 0 Å². The van der Waals surface area contributed by atoms with Crippen molar-refractivity contribution in [2.75, 3.05) is 0 Å². The van der Waals surface area contributed by atoms with Crippen LogP contribution >= 0.6 is 0 Å². The first-order chi connectivity index (χ1) is 8.14. The fraction of sp³-hybridized carbons (Fsp3) is 0.625. The van der Waals surface area contributed by atoms with Crippen LogP contribution in [0.1, 0.15) is 57.1 Å². The topological polar surface area (TPSA) is 20.2 Å². The minimum Gasteiger partial charge on any atom is -0.385 e. The molecule has 1 aromatic rings. The van der Waals surface area contributed by atoms with Gasteiger partial charge in [-0.2, -0.15) is 0 Å². The van der Waals surface area contributed by atoms with Gasteiger partial charge in [0.15, 0.2) is 0 Å². The van der Waals surface area contributed by atoms with Gasteiger partial charge in [0.25, 0.3) is 0 Å². The molecule has 2 rings (SSSR count). The normalized spacial score (nSPS) is 29.2. The SMILES string of the molecule is CCCc1cccc(C2(O)CCC(C)CC2)c1. The smallest absolute Gasteiger partial charge is 0.0896 e. The van der Waals surface area contributed by atoms with Crippen LogP contribution in [-0.2, 0) is 12.0 Å². The van der Waals surface area contributed by atoms with Crippen molar-refractivity contribution in [1.29, 1.82) is 0 Å². The summed E-state index contributed by atoms with van der Waals surface area (Å²) in [4.78, 5) is 0. The largest absolute Gasteiger partial charge is 0.385 e. The highest BCUT2D eigenvalue weighted by atomic mass is 16.3. The van der Waals surface area contributed by atoms with Crippen molar-refractivity contribution in [3.8, 4) is 0 Å². The lowest BCUT2D eigenvalue weighted by Gasteiger charge is -2.35. The van der Waals surface area contributed by atoms with E-state index in [9.17, 15) is 5.11 Å². The van der Waals surface area contributed by atoms with Crippen molar-refractivity contribution in [2.24, 2.45) is 5.92 Å². The molecule has 1 aliphatic carbocycles. The second-order valence-electron chi connectivity index (χ2n) is 5.66. The van der Waals surface area contributed by atoms with Gasteiger partial charge < -0.3 is 5.11 Å². The summed E-state index contributed by atoms with van der Waals surface area (Å²) in [5.74, 6) is 0.772. The van der Waals surface area contributed by atoms with Gasteiger partial charge in [-0.25, -0.2) is 0 Å². The Bertz CT molecular complexity index is 362. The van der Waals surface area contributed by atoms with Gasteiger partial charge in [0.1, 0.15) is 0 Å². The van der Waals surface area contributed by atoms with Gasteiger partial charge >= 0.3 is 0 Å². The van der Waals surface area contributed by atoms with Gasteiger partial charge in [0.05, 0.1) is 5.60 Å². The Balaban J connectivity index is 2.17. The minimum atomic E-state index is -0.559. The number of aliphatic hydroxyl groups is 1. The maximum Gasteiger partial charge on any atom is 0.0896 e. The molecule has 0 aliphatic heterocycles. The monoisotopic (exact) mass is 232 g/mol. The highest BCUT2D eigenvalue weighted by Crippen LogP contribution is 2.39. The quantitative estimate of drug-likeness (QED) is 0.834. The van der Waals surface area contributed by atoms with Gasteiger partial charge in [0.2, 0.25) is 0 Å². The maximum absolute atomic E-state index is 10.8. The number of aryl methyl sites for hydroxylation is 1. The molecule has 0 saturated heterocycles. The Morgan fingerprint density at radius 3 is 2.65 bits per heavy atom. The molecule has 1 N–H and O–H groups in total. The molecule has 0 unspecified atom stereocenters. The molecule has 1 nitrogen and oxygen atoms in total. The standard InChI is InChI=1S/C16H24O/c1-3-5-14-6-4-7-15(12-14)16(17)10-8-13(2)9-11-16/h4,6-7,12-13,17H,3,5,8-11H2,1-2H3. The Labute approximate surface area is 105 Å². The van der Waals surface area contributed by atoms with E-state index in [1.54, 1.807) is 0 Å². The molecule has 0 amide bonds. The Kier molecular flexibility index (Phi) is 3.88. The summed E-state index contributed by atoms with van der Waals surface area (Å²) in [6.45, 7) is 4.48. The highest BCUT2D eigenvalue weighted by Gasteiger charge is 2.33. The van der Waals surface area contributed by atoms with Crippen LogP contribution in [-0.4, -0.2) is 5.11 Å². The van der Waals surface area contributed by atoms with Crippen molar-refractivity contribution in [3.05, 3.63) is 35.4 Å². The molecule has 1 heteroatoms. The Morgan fingerprint density at radius 2 is 2.00 bits per heavy atom. The number of hydrogen-bond donors (Lipinski definition) is 1. The van der Waals surface area contributed by atoms with Crippen molar-refractivity contribution in [1.82, 2.24) is 0 Å². The fourth-order valence-corrected chi connectivity index (χ4v) is 2.83. The van der Waals surface area contributed by atoms with E-state index >= 15 is 0 Å². The predicted octanol–water partition coefficient (Wildman–Crippen LogP) is 4.04. The molecule has 0 bridgehead atoms. The van der Waals surface area contributed by atoms with Crippen LogP contribution < -0.4 is 0 Å². The third-order valence-corrected chi connectivity index (χ3v) is 4.10. The molecule has 1 aliphatic rings. The van der Waals surface area contributed by atoms with Crippen LogP contribution in [0, 0.1) is 5.92 Å². The summed E-state index contributed by atoms with van der Waals surface area (Å²) in [5, 5.41) is 10.8. The summed E-state index contributed by atoms with van der Waals surface area (Å²) < 4.78 is 0. The lowest BCUT2D eigenvalue weighted by atomic mass is 9.75. The van der Waals surface area contributed by atoms with E-state index in [2.05, 4.69) is 38.1 Å². The van der Waals surface area contributed by atoms with Gasteiger partial charge in [-0.05, 0) is 49.1 Å². The first-order valence-electron chi connectivity index (χ1n) is 6.96. The van der Waals surface area contributed by atoms with Crippen molar-refractivity contribution in [2.45, 2.75) is 58.0 Å². The van der Waals surface area contributed by atoms with Crippen LogP contribution in [0.3, 0.4) is 0 Å². The molecule has 17 heavy (non-hydrogen) atoms. The van der Waals surface area contributed by atoms with E-state index in [0.29, 0.717) is 0 Å². The van der Waals surface area contributed by atoms with Gasteiger partial charge in [-0.15, -0.1) is 0 Å². The molecule has 0 heterocycles. The third-order valence-electron chi connectivity index (χ3n) is 4.10. The van der Waals surface area contributed by atoms with Crippen molar-refractivity contribution < 1.29 is 5.11 Å². The first kappa shape index (κ1) is 12.6. The summed E-state index contributed by atoms with van der Waals surface area (Å²) in [6, 6.07) is 8.56. The van der Waals surface area contributed by atoms with E-state index in [1.165, 1.54) is 12.0 Å². The van der Waals surface area contributed by atoms with Crippen LogP contribution in [0.25, 0.3) is 0 Å². The molecular weight excluding hydrogens is 208 g/mol. The minimum absolute atomic E-state index is 0.559. The Hall–Kier alpha value is -0.820. The molecule has 1 fully saturated rings. The van der Waals surface area contributed by atoms with E-state index < -0.39 is 5.60 Å². The van der Waals surface area contributed by atoms with Crippen molar-refractivity contribution >= 4 is 0 Å². The highest BCUT2D eigenvalue weighted by molar-refractivity contribution is 5.28. The summed E-state index contributed by atoms with van der Waals surface area (Å²) in [5.41, 5.74) is 1.93. The maximum atomic E-state index is 10.8. The molecular formula is C16H24O. The third kappa shape index (κ3) is 2.90. The van der Waals surface area contributed by atoms with Crippen LogP contribution in [0.15, 0.2) is 24.3 Å². The molecule has 1 saturated carbocycles. The second kappa shape index (κ2) is 5.22. The van der Waals surface area contributed by atoms with E-state index in [0.717, 1.165) is 43.6 Å². The van der Waals surface area contributed by atoms with Crippen LogP contribution in [0.5, 0.6) is 0 Å². The van der Waals surface area contributed by atoms with E-state index in [4.69, 9.17) is 0 Å². The molecule has 0 aromatic heterocycles. The summed E-state index contributed by atoms with van der Waals surface area (Å²) in [7, 11) is 0. The average molecular weight is 232 g/mol. The number of benzene rings is 1. The Morgan fingerprint density at radius 1 is 1.29 bits per heavy atom. The number of rotatable bonds is 3. The zero-order chi connectivity index (χ0) is 12.3. The summed E-state index contributed by atoms with van der Waals surface area (Å²) >= 11 is 0. The zero-order valence-corrected chi connectivity index (χ0v) is 11.1. The van der Waals surface area contributed by atoms with Crippen LogP contribution in [0.4, 0.5) is 0 Å². The average Bonchev–Trinajstić information content (AvgIpc) is 2.34. The predicted molar refractivity (Wildman–Crippen MR) is 72.0 cm³/mol. The fourth-order valence-electron chi connectivity index (χ4n) is 2.83. The molecule has 94 valence electrons. The lowest BCUT2D eigenvalue weighted by molar-refractivity contribution is -0.0120. The number of hydrogen-bond acceptors (Lipinski definition) is 1. The molecule has 0 spiro atoms. The summed E-state index contributed by atoms with van der Waals surface area (Å²) in [6.07, 6.45) is 6.41. The van der Waals surface area contributed by atoms with Crippen LogP contribution in [0.2, 0.25) is 0 Å². The lowest BCUT2D eigenvalue weighted by Crippen LogP contribution is -2.30. The van der Waals surface area contributed by atoms with E-state index in [1.807, 2.05) is 0 Å². The van der Waals surface area contributed by atoms with Gasteiger partial charge in [-0.3, -0.25) is 0 Å². The van der Waals surface area contributed by atoms with Gasteiger partial charge in [-0.1, -0.05) is 44.5 Å². The molecule has 1 aromatic carbocycles. The second-order valence-corrected chi connectivity index (χ2v) is 5.66. The first-order valence-corrected chi connectivity index (χ1v) is 6.96.